The molecule has 1 aliphatic heterocycles. The Bertz CT molecular complexity index is 852. The maximum Gasteiger partial charge on any atom is 0.265 e. The molecule has 23 heavy (non-hydrogen) atoms. The zero-order chi connectivity index (χ0) is 16.6. The van der Waals surface area contributed by atoms with Gasteiger partial charge in [-0.3, -0.25) is 14.3 Å². The average Bonchev–Trinajstić information content (AvgIpc) is 2.76. The summed E-state index contributed by atoms with van der Waals surface area (Å²) in [7, 11) is -3.79. The number of nitrogens with zero attached hydrogens (tertiary/aromatic N) is 1. The largest absolute Gasteiger partial charge is 0.289 e. The summed E-state index contributed by atoms with van der Waals surface area (Å²) in [5.41, 5.74) is 2.47. The Morgan fingerprint density at radius 3 is 2.48 bits per heavy atom. The fraction of sp³-hybridized carbons (Fsp3) is 0.133. The number of nitrogens with one attached hydrogen (secondary N) is 1. The first-order valence-corrected chi connectivity index (χ1v) is 8.59. The van der Waals surface area contributed by atoms with Crippen LogP contribution < -0.4 is 9.79 Å². The first-order chi connectivity index (χ1) is 10.9. The second kappa shape index (κ2) is 5.84. The summed E-state index contributed by atoms with van der Waals surface area (Å²) in [6.45, 7) is 0. The Morgan fingerprint density at radius 2 is 1.83 bits per heavy atom. The number of carbonyl (C=O) groups excluding carboxylic acids is 1. The zero-order valence-corrected chi connectivity index (χ0v) is 13.4. The molecule has 0 aromatic heterocycles. The monoisotopic (exact) mass is 352 g/mol. The first kappa shape index (κ1) is 15.8. The Kier molecular flexibility index (Phi) is 4.01. The van der Waals surface area contributed by atoms with E-state index in [0.717, 1.165) is 0 Å². The average molecular weight is 353 g/mol. The number of benzene rings is 2. The highest BCUT2D eigenvalue weighted by Gasteiger charge is 2.43. The van der Waals surface area contributed by atoms with E-state index in [1.54, 1.807) is 47.9 Å². The number of hydrogen-bond donors (Lipinski definition) is 2. The number of sulfonamides is 1. The number of fused-ring (bicyclic) bond motifs is 1. The molecule has 2 aromatic rings. The van der Waals surface area contributed by atoms with Gasteiger partial charge >= 0.3 is 0 Å². The predicted molar refractivity (Wildman–Crippen MR) is 84.8 cm³/mol. The molecule has 6 nitrogen and oxygen atoms in total. The lowest BCUT2D eigenvalue weighted by Crippen LogP contribution is -2.32. The Morgan fingerprint density at radius 1 is 1.17 bits per heavy atom. The molecule has 1 amide bonds. The van der Waals surface area contributed by atoms with Crippen molar-refractivity contribution in [2.24, 2.45) is 0 Å². The van der Waals surface area contributed by atoms with Gasteiger partial charge in [0.05, 0.1) is 23.0 Å². The lowest BCUT2D eigenvalue weighted by molar-refractivity contribution is -0.129. The van der Waals surface area contributed by atoms with Gasteiger partial charge in [-0.15, -0.1) is 0 Å². The van der Waals surface area contributed by atoms with E-state index >= 15 is 0 Å². The molecule has 8 heteroatoms. The number of hydrogen-bond acceptors (Lipinski definition) is 4. The van der Waals surface area contributed by atoms with Crippen LogP contribution in [0.3, 0.4) is 0 Å². The summed E-state index contributed by atoms with van der Waals surface area (Å²) in [6.07, 6.45) is -0.199. The van der Waals surface area contributed by atoms with Crippen molar-refractivity contribution in [2.75, 3.05) is 4.31 Å². The highest BCUT2D eigenvalue weighted by atomic mass is 35.5. The van der Waals surface area contributed by atoms with Crippen LogP contribution in [0.15, 0.2) is 53.4 Å². The second-order valence-electron chi connectivity index (χ2n) is 5.07. The van der Waals surface area contributed by atoms with Gasteiger partial charge in [-0.1, -0.05) is 29.8 Å². The van der Waals surface area contributed by atoms with Crippen molar-refractivity contribution in [3.05, 3.63) is 59.1 Å². The van der Waals surface area contributed by atoms with Crippen LogP contribution in [0.2, 0.25) is 5.02 Å². The van der Waals surface area contributed by atoms with Crippen LogP contribution in [0.4, 0.5) is 5.69 Å². The quantitative estimate of drug-likeness (QED) is 0.656. The van der Waals surface area contributed by atoms with E-state index in [0.29, 0.717) is 16.3 Å². The molecule has 0 spiro atoms. The van der Waals surface area contributed by atoms with E-state index in [1.807, 2.05) is 0 Å². The molecule has 1 aliphatic rings. The van der Waals surface area contributed by atoms with Crippen LogP contribution in [0.5, 0.6) is 0 Å². The highest BCUT2D eigenvalue weighted by Crippen LogP contribution is 2.44. The molecule has 1 atom stereocenters. The number of hydroxylamine groups is 1. The molecule has 120 valence electrons. The number of rotatable bonds is 3. The van der Waals surface area contributed by atoms with Crippen LogP contribution in [0, 0.1) is 0 Å². The van der Waals surface area contributed by atoms with Crippen molar-refractivity contribution in [3.8, 4) is 0 Å². The summed E-state index contributed by atoms with van der Waals surface area (Å²) in [6, 6.07) is 12.1. The minimum atomic E-state index is -3.79. The highest BCUT2D eigenvalue weighted by molar-refractivity contribution is 7.93. The van der Waals surface area contributed by atoms with Gasteiger partial charge in [0.15, 0.2) is 0 Å². The summed E-state index contributed by atoms with van der Waals surface area (Å²) in [5.74, 6) is -0.666. The van der Waals surface area contributed by atoms with Crippen molar-refractivity contribution in [1.29, 1.82) is 0 Å². The molecular formula is C15H13ClN2O4S. The molecule has 2 aromatic carbocycles. The lowest BCUT2D eigenvalue weighted by atomic mass is 10.0. The Hall–Kier alpha value is -2.09. The standard InChI is InChI=1S/C15H13ClN2O4S/c16-10-5-7-11(8-6-10)18-13(9-15(19)17-20)12-3-1-2-4-14(12)23(18,21)22/h1-8,13,20H,9H2,(H,17,19). The maximum atomic E-state index is 12.8. The van der Waals surface area contributed by atoms with Crippen LogP contribution in [-0.4, -0.2) is 19.5 Å². The van der Waals surface area contributed by atoms with E-state index in [1.165, 1.54) is 10.4 Å². The number of amides is 1. The van der Waals surface area contributed by atoms with Gasteiger partial charge < -0.3 is 0 Å². The van der Waals surface area contributed by atoms with Gasteiger partial charge in [-0.25, -0.2) is 13.9 Å². The number of halogens is 1. The molecule has 0 fully saturated rings. The van der Waals surface area contributed by atoms with Crippen LogP contribution >= 0.6 is 11.6 Å². The third kappa shape index (κ3) is 2.67. The van der Waals surface area contributed by atoms with Crippen molar-refractivity contribution in [1.82, 2.24) is 5.48 Å². The summed E-state index contributed by atoms with van der Waals surface area (Å²) >= 11 is 5.86. The third-order valence-electron chi connectivity index (χ3n) is 3.68. The first-order valence-electron chi connectivity index (χ1n) is 6.77. The minimum absolute atomic E-state index is 0.158. The van der Waals surface area contributed by atoms with Crippen molar-refractivity contribution in [3.63, 3.8) is 0 Å². The molecule has 1 heterocycles. The van der Waals surface area contributed by atoms with E-state index in [4.69, 9.17) is 16.8 Å². The SMILES string of the molecule is O=C(CC1c2ccccc2S(=O)(=O)N1c1ccc(Cl)cc1)NO. The number of anilines is 1. The molecule has 3 rings (SSSR count). The topological polar surface area (TPSA) is 86.7 Å². The van der Waals surface area contributed by atoms with Gasteiger partial charge in [-0.05, 0) is 35.9 Å². The third-order valence-corrected chi connectivity index (χ3v) is 5.85. The minimum Gasteiger partial charge on any atom is -0.289 e. The van der Waals surface area contributed by atoms with E-state index in [2.05, 4.69) is 0 Å². The summed E-state index contributed by atoms with van der Waals surface area (Å²) in [5, 5.41) is 9.26. The van der Waals surface area contributed by atoms with E-state index < -0.39 is 22.0 Å². The van der Waals surface area contributed by atoms with Gasteiger partial charge in [0.2, 0.25) is 5.91 Å². The lowest BCUT2D eigenvalue weighted by Gasteiger charge is -2.25. The molecule has 0 radical (unpaired) electrons. The Balaban J connectivity index is 2.15. The summed E-state index contributed by atoms with van der Waals surface area (Å²) < 4.78 is 26.9. The van der Waals surface area contributed by atoms with Crippen molar-refractivity contribution in [2.45, 2.75) is 17.4 Å². The van der Waals surface area contributed by atoms with Gasteiger partial charge in [0, 0.05) is 5.02 Å². The molecule has 0 aliphatic carbocycles. The van der Waals surface area contributed by atoms with Gasteiger partial charge in [0.1, 0.15) is 0 Å². The van der Waals surface area contributed by atoms with Gasteiger partial charge in [0.25, 0.3) is 10.0 Å². The van der Waals surface area contributed by atoms with Gasteiger partial charge in [-0.2, -0.15) is 0 Å². The molecule has 0 bridgehead atoms. The second-order valence-corrected chi connectivity index (χ2v) is 7.29. The maximum absolute atomic E-state index is 12.8. The van der Waals surface area contributed by atoms with Crippen LogP contribution in [0.1, 0.15) is 18.0 Å². The van der Waals surface area contributed by atoms with E-state index in [9.17, 15) is 13.2 Å². The van der Waals surface area contributed by atoms with Crippen LogP contribution in [0.25, 0.3) is 0 Å². The van der Waals surface area contributed by atoms with E-state index in [-0.39, 0.29) is 11.3 Å². The fourth-order valence-electron chi connectivity index (χ4n) is 2.71. The normalized spacial score (nSPS) is 18.5. The fourth-order valence-corrected chi connectivity index (χ4v) is 4.72. The number of carbonyl (C=O) groups is 1. The zero-order valence-electron chi connectivity index (χ0n) is 11.8. The van der Waals surface area contributed by atoms with Crippen molar-refractivity contribution >= 4 is 33.2 Å². The Labute approximate surface area is 138 Å². The molecule has 1 unspecified atom stereocenters. The predicted octanol–water partition coefficient (Wildman–Crippen LogP) is 2.49. The molecule has 0 saturated carbocycles. The summed E-state index contributed by atoms with van der Waals surface area (Å²) in [4.78, 5) is 11.8. The van der Waals surface area contributed by atoms with Crippen LogP contribution in [-0.2, 0) is 14.8 Å². The molecule has 2 N–H and O–H groups in total. The molecular weight excluding hydrogens is 340 g/mol. The molecule has 0 saturated heterocycles. The van der Waals surface area contributed by atoms with Crippen molar-refractivity contribution < 1.29 is 18.4 Å². The smallest absolute Gasteiger partial charge is 0.265 e.